The second kappa shape index (κ2) is 7.90. The first-order valence-corrected chi connectivity index (χ1v) is 8.34. The third-order valence-electron chi connectivity index (χ3n) is 3.48. The number of benzene rings is 1. The smallest absolute Gasteiger partial charge is 0.123 e. The molecule has 1 unspecified atom stereocenters. The van der Waals surface area contributed by atoms with Gasteiger partial charge in [-0.25, -0.2) is 4.98 Å². The first-order valence-electron chi connectivity index (χ1n) is 6.93. The summed E-state index contributed by atoms with van der Waals surface area (Å²) in [6.07, 6.45) is 0. The summed E-state index contributed by atoms with van der Waals surface area (Å²) in [7, 11) is 3.85. The van der Waals surface area contributed by atoms with E-state index in [0.717, 1.165) is 29.4 Å². The van der Waals surface area contributed by atoms with Gasteiger partial charge in [0.1, 0.15) is 5.01 Å². The maximum Gasteiger partial charge on any atom is 0.123 e. The van der Waals surface area contributed by atoms with Crippen LogP contribution in [0.3, 0.4) is 0 Å². The Morgan fingerprint density at radius 2 is 2.05 bits per heavy atom. The molecule has 1 aromatic heterocycles. The lowest BCUT2D eigenvalue weighted by molar-refractivity contribution is 0.112. The van der Waals surface area contributed by atoms with E-state index >= 15 is 0 Å². The van der Waals surface area contributed by atoms with Gasteiger partial charge in [-0.05, 0) is 19.5 Å². The molecule has 0 saturated heterocycles. The predicted octanol–water partition coefficient (Wildman–Crippen LogP) is 4.02. The fraction of sp³-hybridized carbons (Fsp3) is 0.438. The van der Waals surface area contributed by atoms with E-state index in [2.05, 4.69) is 48.1 Å². The van der Waals surface area contributed by atoms with Gasteiger partial charge in [0.05, 0.1) is 18.2 Å². The number of aromatic nitrogens is 1. The molecule has 0 fully saturated rings. The maximum atomic E-state index is 5.79. The van der Waals surface area contributed by atoms with Crippen molar-refractivity contribution in [3.8, 4) is 10.6 Å². The third-order valence-corrected chi connectivity index (χ3v) is 4.70. The first kappa shape index (κ1) is 16.4. The van der Waals surface area contributed by atoms with Crippen LogP contribution >= 0.6 is 22.9 Å². The number of halogens is 1. The summed E-state index contributed by atoms with van der Waals surface area (Å²) in [5, 5.41) is 3.04. The highest BCUT2D eigenvalue weighted by molar-refractivity contribution is 7.13. The third kappa shape index (κ3) is 4.51. The van der Waals surface area contributed by atoms with Crippen LogP contribution in [0.15, 0.2) is 29.6 Å². The molecule has 0 aliphatic carbocycles. The molecule has 0 saturated carbocycles. The van der Waals surface area contributed by atoms with Crippen molar-refractivity contribution in [3.63, 3.8) is 0 Å². The van der Waals surface area contributed by atoms with E-state index in [1.165, 1.54) is 5.56 Å². The normalized spacial score (nSPS) is 12.8. The Labute approximate surface area is 135 Å². The molecule has 0 aliphatic heterocycles. The molecule has 0 N–H and O–H groups in total. The molecule has 5 heteroatoms. The Morgan fingerprint density at radius 1 is 1.33 bits per heavy atom. The van der Waals surface area contributed by atoms with Gasteiger partial charge < -0.3 is 4.74 Å². The molecule has 114 valence electrons. The summed E-state index contributed by atoms with van der Waals surface area (Å²) in [5.74, 6) is 0.469. The van der Waals surface area contributed by atoms with Crippen molar-refractivity contribution in [1.82, 2.24) is 9.88 Å². The SMILES string of the molecule is COCC(C)N(C)Cc1ccc(-c2nc(CCl)cs2)cc1. The summed E-state index contributed by atoms with van der Waals surface area (Å²) >= 11 is 7.43. The minimum absolute atomic E-state index is 0.403. The van der Waals surface area contributed by atoms with Gasteiger partial charge in [0.2, 0.25) is 0 Å². The molecule has 2 rings (SSSR count). The van der Waals surface area contributed by atoms with E-state index in [0.29, 0.717) is 11.9 Å². The average Bonchev–Trinajstić information content (AvgIpc) is 2.97. The fourth-order valence-corrected chi connectivity index (χ4v) is 3.12. The van der Waals surface area contributed by atoms with Gasteiger partial charge in [0.25, 0.3) is 0 Å². The van der Waals surface area contributed by atoms with Crippen molar-refractivity contribution in [2.75, 3.05) is 20.8 Å². The van der Waals surface area contributed by atoms with Crippen molar-refractivity contribution in [2.24, 2.45) is 0 Å². The molecule has 2 aromatic rings. The van der Waals surface area contributed by atoms with E-state index in [1.54, 1.807) is 18.4 Å². The highest BCUT2D eigenvalue weighted by Crippen LogP contribution is 2.25. The van der Waals surface area contributed by atoms with Crippen LogP contribution < -0.4 is 0 Å². The molecule has 3 nitrogen and oxygen atoms in total. The number of thiazole rings is 1. The maximum absolute atomic E-state index is 5.79. The van der Waals surface area contributed by atoms with Gasteiger partial charge in [-0.2, -0.15) is 0 Å². The van der Waals surface area contributed by atoms with Gasteiger partial charge in [-0.3, -0.25) is 4.90 Å². The minimum atomic E-state index is 0.403. The molecular weight excluding hydrogens is 304 g/mol. The molecule has 1 heterocycles. The number of rotatable bonds is 7. The number of methoxy groups -OCH3 is 1. The fourth-order valence-electron chi connectivity index (χ4n) is 2.07. The summed E-state index contributed by atoms with van der Waals surface area (Å²) < 4.78 is 5.19. The zero-order chi connectivity index (χ0) is 15.2. The molecule has 0 bridgehead atoms. The zero-order valence-corrected chi connectivity index (χ0v) is 14.2. The molecule has 1 aromatic carbocycles. The summed E-state index contributed by atoms with van der Waals surface area (Å²) in [5.41, 5.74) is 3.37. The van der Waals surface area contributed by atoms with E-state index in [4.69, 9.17) is 16.3 Å². The van der Waals surface area contributed by atoms with Crippen LogP contribution in [-0.4, -0.2) is 36.7 Å². The first-order chi connectivity index (χ1) is 10.1. The predicted molar refractivity (Wildman–Crippen MR) is 89.9 cm³/mol. The molecular formula is C16H21ClN2OS. The second-order valence-corrected chi connectivity index (χ2v) is 6.32. The Kier molecular flexibility index (Phi) is 6.18. The van der Waals surface area contributed by atoms with Crippen molar-refractivity contribution in [1.29, 1.82) is 0 Å². The number of likely N-dealkylation sites (N-methyl/N-ethyl adjacent to an activating group) is 1. The van der Waals surface area contributed by atoms with Crippen molar-refractivity contribution in [2.45, 2.75) is 25.4 Å². The zero-order valence-electron chi connectivity index (χ0n) is 12.7. The van der Waals surface area contributed by atoms with Crippen LogP contribution in [0.4, 0.5) is 0 Å². The van der Waals surface area contributed by atoms with Gasteiger partial charge in [0, 0.05) is 30.6 Å². The number of ether oxygens (including phenoxy) is 1. The topological polar surface area (TPSA) is 25.4 Å². The van der Waals surface area contributed by atoms with Crippen LogP contribution in [0, 0.1) is 0 Å². The van der Waals surface area contributed by atoms with E-state index in [9.17, 15) is 0 Å². The van der Waals surface area contributed by atoms with Crippen molar-refractivity contribution >= 4 is 22.9 Å². The Hall–Kier alpha value is -0.940. The lowest BCUT2D eigenvalue weighted by Crippen LogP contribution is -2.32. The second-order valence-electron chi connectivity index (χ2n) is 5.19. The Balaban J connectivity index is 2.01. The standard InChI is InChI=1S/C16H21ClN2OS/c1-12(10-20-3)19(2)9-13-4-6-14(7-5-13)16-18-15(8-17)11-21-16/h4-7,11-12H,8-10H2,1-3H3. The lowest BCUT2D eigenvalue weighted by Gasteiger charge is -2.24. The quantitative estimate of drug-likeness (QED) is 0.719. The number of hydrogen-bond donors (Lipinski definition) is 0. The van der Waals surface area contributed by atoms with Crippen LogP contribution in [-0.2, 0) is 17.2 Å². The van der Waals surface area contributed by atoms with E-state index in [1.807, 2.05) is 5.38 Å². The Bertz CT molecular complexity index is 556. The molecule has 1 atom stereocenters. The number of alkyl halides is 1. The van der Waals surface area contributed by atoms with E-state index in [-0.39, 0.29) is 0 Å². The summed E-state index contributed by atoms with van der Waals surface area (Å²) in [6, 6.07) is 8.97. The van der Waals surface area contributed by atoms with Gasteiger partial charge in [-0.1, -0.05) is 24.3 Å². The molecule has 0 aliphatic rings. The van der Waals surface area contributed by atoms with Crippen molar-refractivity contribution in [3.05, 3.63) is 40.9 Å². The van der Waals surface area contributed by atoms with Crippen LogP contribution in [0.25, 0.3) is 10.6 Å². The molecule has 21 heavy (non-hydrogen) atoms. The van der Waals surface area contributed by atoms with Crippen LogP contribution in [0.2, 0.25) is 0 Å². The van der Waals surface area contributed by atoms with Crippen LogP contribution in [0.1, 0.15) is 18.2 Å². The number of nitrogens with zero attached hydrogens (tertiary/aromatic N) is 2. The lowest BCUT2D eigenvalue weighted by atomic mass is 10.1. The van der Waals surface area contributed by atoms with Gasteiger partial charge in [0.15, 0.2) is 0 Å². The largest absolute Gasteiger partial charge is 0.383 e. The summed E-state index contributed by atoms with van der Waals surface area (Å²) in [4.78, 5) is 6.79. The monoisotopic (exact) mass is 324 g/mol. The number of hydrogen-bond acceptors (Lipinski definition) is 4. The minimum Gasteiger partial charge on any atom is -0.383 e. The molecule has 0 spiro atoms. The highest BCUT2D eigenvalue weighted by atomic mass is 35.5. The van der Waals surface area contributed by atoms with Gasteiger partial charge in [-0.15, -0.1) is 22.9 Å². The van der Waals surface area contributed by atoms with Crippen LogP contribution in [0.5, 0.6) is 0 Å². The highest BCUT2D eigenvalue weighted by Gasteiger charge is 2.10. The van der Waals surface area contributed by atoms with Crippen molar-refractivity contribution < 1.29 is 4.74 Å². The van der Waals surface area contributed by atoms with Gasteiger partial charge >= 0.3 is 0 Å². The molecule has 0 amide bonds. The Morgan fingerprint density at radius 3 is 2.62 bits per heavy atom. The van der Waals surface area contributed by atoms with E-state index < -0.39 is 0 Å². The average molecular weight is 325 g/mol. The molecule has 0 radical (unpaired) electrons. The summed E-state index contributed by atoms with van der Waals surface area (Å²) in [6.45, 7) is 3.83.